The Morgan fingerprint density at radius 2 is 1.69 bits per heavy atom. The first-order valence-electron chi connectivity index (χ1n) is 8.42. The van der Waals surface area contributed by atoms with Crippen LogP contribution >= 0.6 is 0 Å². The van der Waals surface area contributed by atoms with Gasteiger partial charge in [-0.1, -0.05) is 36.4 Å². The molecule has 2 amide bonds. The van der Waals surface area contributed by atoms with Crippen LogP contribution in [0.1, 0.15) is 6.42 Å². The number of carbonyl (C=O) groups excluding carboxylic acids is 2. The van der Waals surface area contributed by atoms with Crippen molar-refractivity contribution >= 4 is 34.0 Å². The van der Waals surface area contributed by atoms with Crippen molar-refractivity contribution in [1.82, 2.24) is 0 Å². The second-order valence-electron chi connectivity index (χ2n) is 6.19. The van der Waals surface area contributed by atoms with Gasteiger partial charge in [0.1, 0.15) is 11.8 Å². The second kappa shape index (κ2) is 6.52. The Morgan fingerprint density at radius 1 is 0.962 bits per heavy atom. The van der Waals surface area contributed by atoms with Crippen LogP contribution in [0.25, 0.3) is 10.8 Å². The highest BCUT2D eigenvalue weighted by Gasteiger charge is 2.39. The standard InChI is InChI=1S/C21H18N2O3/c1-26-16-11-9-15(10-12-16)23-20(24)13-19(21(23)25)22-18-8-4-6-14-5-2-3-7-17(14)18/h2-12,19,22H,13H2,1H3. The van der Waals surface area contributed by atoms with E-state index in [0.29, 0.717) is 11.4 Å². The Labute approximate surface area is 151 Å². The van der Waals surface area contributed by atoms with Crippen molar-refractivity contribution in [1.29, 1.82) is 0 Å². The van der Waals surface area contributed by atoms with Crippen molar-refractivity contribution < 1.29 is 14.3 Å². The Kier molecular flexibility index (Phi) is 4.05. The molecule has 5 heteroatoms. The summed E-state index contributed by atoms with van der Waals surface area (Å²) in [5.41, 5.74) is 1.41. The second-order valence-corrected chi connectivity index (χ2v) is 6.19. The number of fused-ring (bicyclic) bond motifs is 1. The number of carbonyl (C=O) groups is 2. The van der Waals surface area contributed by atoms with Crippen LogP contribution in [0.5, 0.6) is 5.75 Å². The third kappa shape index (κ3) is 2.77. The summed E-state index contributed by atoms with van der Waals surface area (Å²) in [6.07, 6.45) is 0.133. The average Bonchev–Trinajstić information content (AvgIpc) is 2.95. The molecule has 1 atom stereocenters. The molecule has 0 spiro atoms. The quantitative estimate of drug-likeness (QED) is 0.734. The third-order valence-corrected chi connectivity index (χ3v) is 4.60. The van der Waals surface area contributed by atoms with Crippen molar-refractivity contribution in [2.45, 2.75) is 12.5 Å². The highest BCUT2D eigenvalue weighted by molar-refractivity contribution is 6.23. The van der Waals surface area contributed by atoms with Crippen LogP contribution < -0.4 is 15.0 Å². The summed E-state index contributed by atoms with van der Waals surface area (Å²) in [4.78, 5) is 26.5. The Balaban J connectivity index is 1.60. The molecule has 26 heavy (non-hydrogen) atoms. The molecule has 3 aromatic carbocycles. The molecule has 0 bridgehead atoms. The molecule has 4 rings (SSSR count). The van der Waals surface area contributed by atoms with E-state index in [1.807, 2.05) is 42.5 Å². The summed E-state index contributed by atoms with van der Waals surface area (Å²) in [6.45, 7) is 0. The molecular formula is C21H18N2O3. The molecule has 130 valence electrons. The fourth-order valence-corrected chi connectivity index (χ4v) is 3.29. The third-order valence-electron chi connectivity index (χ3n) is 4.60. The Bertz CT molecular complexity index is 977. The maximum atomic E-state index is 12.8. The molecule has 1 N–H and O–H groups in total. The first-order valence-corrected chi connectivity index (χ1v) is 8.42. The highest BCUT2D eigenvalue weighted by Crippen LogP contribution is 2.29. The van der Waals surface area contributed by atoms with Gasteiger partial charge in [-0.2, -0.15) is 0 Å². The molecule has 0 aromatic heterocycles. The van der Waals surface area contributed by atoms with Gasteiger partial charge in [-0.25, -0.2) is 4.90 Å². The van der Waals surface area contributed by atoms with Crippen LogP contribution in [0.2, 0.25) is 0 Å². The van der Waals surface area contributed by atoms with Gasteiger partial charge in [0.2, 0.25) is 5.91 Å². The molecule has 0 aliphatic carbocycles. The number of rotatable bonds is 4. The van der Waals surface area contributed by atoms with E-state index in [4.69, 9.17) is 4.74 Å². The van der Waals surface area contributed by atoms with Crippen LogP contribution in [0, 0.1) is 0 Å². The van der Waals surface area contributed by atoms with Gasteiger partial charge in [0.15, 0.2) is 0 Å². The lowest BCUT2D eigenvalue weighted by molar-refractivity contribution is -0.121. The van der Waals surface area contributed by atoms with Crippen LogP contribution in [0.15, 0.2) is 66.7 Å². The van der Waals surface area contributed by atoms with Crippen LogP contribution in [-0.4, -0.2) is 25.0 Å². The zero-order valence-electron chi connectivity index (χ0n) is 14.3. The Hall–Kier alpha value is -3.34. The predicted octanol–water partition coefficient (Wildman–Crippen LogP) is 3.59. The van der Waals surface area contributed by atoms with Gasteiger partial charge in [0.05, 0.1) is 19.2 Å². The minimum absolute atomic E-state index is 0.133. The maximum absolute atomic E-state index is 12.8. The molecule has 1 heterocycles. The van der Waals surface area contributed by atoms with Crippen LogP contribution in [0.3, 0.4) is 0 Å². The number of ether oxygens (including phenoxy) is 1. The van der Waals surface area contributed by atoms with Gasteiger partial charge in [-0.15, -0.1) is 0 Å². The van der Waals surface area contributed by atoms with Crippen LogP contribution in [0.4, 0.5) is 11.4 Å². The predicted molar refractivity (Wildman–Crippen MR) is 101 cm³/mol. The van der Waals surface area contributed by atoms with Gasteiger partial charge < -0.3 is 10.1 Å². The van der Waals surface area contributed by atoms with E-state index in [0.717, 1.165) is 16.5 Å². The minimum Gasteiger partial charge on any atom is -0.497 e. The highest BCUT2D eigenvalue weighted by atomic mass is 16.5. The van der Waals surface area contributed by atoms with Gasteiger partial charge in [-0.3, -0.25) is 9.59 Å². The van der Waals surface area contributed by atoms with Crippen LogP contribution in [-0.2, 0) is 9.59 Å². The van der Waals surface area contributed by atoms with Crippen molar-refractivity contribution in [3.63, 3.8) is 0 Å². The van der Waals surface area contributed by atoms with E-state index in [1.54, 1.807) is 31.4 Å². The molecule has 3 aromatic rings. The summed E-state index contributed by atoms with van der Waals surface area (Å²) in [5.74, 6) is 0.226. The molecule has 1 saturated heterocycles. The summed E-state index contributed by atoms with van der Waals surface area (Å²) in [7, 11) is 1.57. The monoisotopic (exact) mass is 346 g/mol. The van der Waals surface area contributed by atoms with Gasteiger partial charge in [-0.05, 0) is 35.7 Å². The Morgan fingerprint density at radius 3 is 2.46 bits per heavy atom. The van der Waals surface area contributed by atoms with E-state index in [-0.39, 0.29) is 18.2 Å². The number of hydrogen-bond acceptors (Lipinski definition) is 4. The molecule has 1 aliphatic rings. The molecule has 0 saturated carbocycles. The normalized spacial score (nSPS) is 17.0. The van der Waals surface area contributed by atoms with Crippen molar-refractivity contribution in [3.05, 3.63) is 66.7 Å². The van der Waals surface area contributed by atoms with Gasteiger partial charge in [0.25, 0.3) is 5.91 Å². The zero-order valence-corrected chi connectivity index (χ0v) is 14.3. The number of methoxy groups -OCH3 is 1. The molecule has 1 aliphatic heterocycles. The fourth-order valence-electron chi connectivity index (χ4n) is 3.29. The SMILES string of the molecule is COc1ccc(N2C(=O)CC(Nc3cccc4ccccc34)C2=O)cc1. The smallest absolute Gasteiger partial charge is 0.256 e. The average molecular weight is 346 g/mol. The minimum atomic E-state index is -0.574. The molecule has 5 nitrogen and oxygen atoms in total. The van der Waals surface area contributed by atoms with E-state index in [2.05, 4.69) is 5.32 Å². The molecule has 1 unspecified atom stereocenters. The van der Waals surface area contributed by atoms with Crippen molar-refractivity contribution in [2.24, 2.45) is 0 Å². The first-order chi connectivity index (χ1) is 12.7. The number of imide groups is 1. The number of nitrogens with one attached hydrogen (secondary N) is 1. The lowest BCUT2D eigenvalue weighted by Gasteiger charge is -2.17. The molecular weight excluding hydrogens is 328 g/mol. The summed E-state index contributed by atoms with van der Waals surface area (Å²) >= 11 is 0. The van der Waals surface area contributed by atoms with E-state index < -0.39 is 6.04 Å². The van der Waals surface area contributed by atoms with Crippen molar-refractivity contribution in [2.75, 3.05) is 17.3 Å². The fraction of sp³-hybridized carbons (Fsp3) is 0.143. The summed E-state index contributed by atoms with van der Waals surface area (Å²) in [5, 5.41) is 5.36. The number of benzene rings is 3. The number of amides is 2. The van der Waals surface area contributed by atoms with Crippen molar-refractivity contribution in [3.8, 4) is 5.75 Å². The van der Waals surface area contributed by atoms with E-state index >= 15 is 0 Å². The van der Waals surface area contributed by atoms with Gasteiger partial charge in [0, 0.05) is 11.1 Å². The zero-order chi connectivity index (χ0) is 18.1. The number of nitrogens with zero attached hydrogens (tertiary/aromatic N) is 1. The summed E-state index contributed by atoms with van der Waals surface area (Å²) < 4.78 is 5.13. The molecule has 1 fully saturated rings. The lowest BCUT2D eigenvalue weighted by Crippen LogP contribution is -2.34. The molecule has 0 radical (unpaired) electrons. The number of hydrogen-bond donors (Lipinski definition) is 1. The lowest BCUT2D eigenvalue weighted by atomic mass is 10.1. The first kappa shape index (κ1) is 16.1. The van der Waals surface area contributed by atoms with Gasteiger partial charge >= 0.3 is 0 Å². The maximum Gasteiger partial charge on any atom is 0.256 e. The summed E-state index contributed by atoms with van der Waals surface area (Å²) in [6, 6.07) is 20.2. The number of anilines is 2. The van der Waals surface area contributed by atoms with E-state index in [9.17, 15) is 9.59 Å². The largest absolute Gasteiger partial charge is 0.497 e. The topological polar surface area (TPSA) is 58.6 Å². The van der Waals surface area contributed by atoms with E-state index in [1.165, 1.54) is 4.90 Å².